The number of carbonyl (C=O) groups excluding carboxylic acids is 2. The van der Waals surface area contributed by atoms with E-state index in [0.29, 0.717) is 24.8 Å². The van der Waals surface area contributed by atoms with Gasteiger partial charge in [-0.25, -0.2) is 0 Å². The summed E-state index contributed by atoms with van der Waals surface area (Å²) in [6.45, 7) is 11.9. The molecule has 0 aromatic carbocycles. The highest BCUT2D eigenvalue weighted by Crippen LogP contribution is 2.71. The van der Waals surface area contributed by atoms with Crippen LogP contribution >= 0.6 is 0 Å². The summed E-state index contributed by atoms with van der Waals surface area (Å²) in [6.07, 6.45) is 1.44. The van der Waals surface area contributed by atoms with Crippen molar-refractivity contribution in [3.63, 3.8) is 0 Å². The molecule has 5 heteroatoms. The molecule has 8 unspecified atom stereocenters. The molecular weight excluding hydrogens is 344 g/mol. The lowest BCUT2D eigenvalue weighted by molar-refractivity contribution is -0.256. The van der Waals surface area contributed by atoms with E-state index in [4.69, 9.17) is 4.74 Å². The molecule has 4 aliphatic carbocycles. The van der Waals surface area contributed by atoms with Crippen molar-refractivity contribution in [3.05, 3.63) is 12.2 Å². The number of carbonyl (C=O) groups is 2. The zero-order chi connectivity index (χ0) is 19.9. The van der Waals surface area contributed by atoms with Crippen LogP contribution in [-0.2, 0) is 14.3 Å². The first kappa shape index (κ1) is 19.1. The maximum Gasteiger partial charge on any atom is 0.302 e. The van der Waals surface area contributed by atoms with Gasteiger partial charge in [-0.15, -0.1) is 0 Å². The molecule has 0 aliphatic heterocycles. The van der Waals surface area contributed by atoms with E-state index < -0.39 is 35.1 Å². The van der Waals surface area contributed by atoms with Crippen molar-refractivity contribution >= 4 is 11.8 Å². The first-order chi connectivity index (χ1) is 12.5. The maximum absolute atomic E-state index is 13.5. The van der Waals surface area contributed by atoms with Crippen molar-refractivity contribution in [2.75, 3.05) is 0 Å². The Bertz CT molecular complexity index is 711. The van der Waals surface area contributed by atoms with E-state index >= 15 is 0 Å². The fourth-order valence-corrected chi connectivity index (χ4v) is 7.64. The Morgan fingerprint density at radius 1 is 1.15 bits per heavy atom. The maximum atomic E-state index is 13.5. The van der Waals surface area contributed by atoms with Gasteiger partial charge in [0.15, 0.2) is 5.78 Å². The Morgan fingerprint density at radius 2 is 1.81 bits per heavy atom. The number of aliphatic hydroxyl groups excluding tert-OH is 2. The Kier molecular flexibility index (Phi) is 4.01. The van der Waals surface area contributed by atoms with Crippen LogP contribution in [0.25, 0.3) is 0 Å². The summed E-state index contributed by atoms with van der Waals surface area (Å²) in [5.41, 5.74) is -1.22. The third-order valence-electron chi connectivity index (χ3n) is 8.86. The molecule has 0 aromatic rings. The average Bonchev–Trinajstić information content (AvgIpc) is 2.69. The lowest BCUT2D eigenvalue weighted by Crippen LogP contribution is -2.70. The smallest absolute Gasteiger partial charge is 0.302 e. The van der Waals surface area contributed by atoms with Crippen LogP contribution in [-0.4, -0.2) is 40.3 Å². The number of aliphatic hydroxyl groups is 2. The van der Waals surface area contributed by atoms with Gasteiger partial charge in [-0.3, -0.25) is 9.59 Å². The lowest BCUT2D eigenvalue weighted by Gasteiger charge is -2.66. The van der Waals surface area contributed by atoms with E-state index in [1.807, 2.05) is 0 Å². The average molecular weight is 376 g/mol. The van der Waals surface area contributed by atoms with E-state index in [-0.39, 0.29) is 29.0 Å². The molecule has 2 N–H and O–H groups in total. The van der Waals surface area contributed by atoms with E-state index in [1.165, 1.54) is 6.92 Å². The highest BCUT2D eigenvalue weighted by molar-refractivity contribution is 6.04. The van der Waals surface area contributed by atoms with Crippen LogP contribution in [0.15, 0.2) is 12.2 Å². The number of ether oxygens (including phenoxy) is 1. The quantitative estimate of drug-likeness (QED) is 0.543. The molecule has 4 fully saturated rings. The predicted molar refractivity (Wildman–Crippen MR) is 99.6 cm³/mol. The molecule has 8 atom stereocenters. The summed E-state index contributed by atoms with van der Waals surface area (Å²) < 4.78 is 5.75. The molecule has 1 spiro atoms. The Hall–Kier alpha value is -1.20. The largest absolute Gasteiger partial charge is 0.461 e. The third-order valence-corrected chi connectivity index (χ3v) is 8.86. The Balaban J connectivity index is 1.93. The second kappa shape index (κ2) is 5.66. The summed E-state index contributed by atoms with van der Waals surface area (Å²) >= 11 is 0. The highest BCUT2D eigenvalue weighted by atomic mass is 16.5. The fraction of sp³-hybridized carbons (Fsp3) is 0.818. The van der Waals surface area contributed by atoms with Crippen LogP contribution in [0.2, 0.25) is 0 Å². The SMILES string of the molecule is C=C1C(=O)C23C(OC(C)=O)CC4C(C)(C)CCC(O)C4(C)C2CCC1C3O. The van der Waals surface area contributed by atoms with Gasteiger partial charge in [0.2, 0.25) is 0 Å². The van der Waals surface area contributed by atoms with E-state index in [0.717, 1.165) is 12.8 Å². The summed E-state index contributed by atoms with van der Waals surface area (Å²) in [7, 11) is 0. The molecule has 0 amide bonds. The Labute approximate surface area is 161 Å². The van der Waals surface area contributed by atoms with Crippen LogP contribution < -0.4 is 0 Å². The van der Waals surface area contributed by atoms with Gasteiger partial charge in [0.1, 0.15) is 6.10 Å². The molecule has 4 aliphatic rings. The normalized spacial score (nSPS) is 50.7. The van der Waals surface area contributed by atoms with Gasteiger partial charge < -0.3 is 14.9 Å². The molecule has 4 saturated carbocycles. The molecule has 2 bridgehead atoms. The fourth-order valence-electron chi connectivity index (χ4n) is 7.64. The molecule has 5 nitrogen and oxygen atoms in total. The first-order valence-corrected chi connectivity index (χ1v) is 10.3. The van der Waals surface area contributed by atoms with Crippen molar-refractivity contribution < 1.29 is 24.5 Å². The van der Waals surface area contributed by atoms with Crippen LogP contribution in [0.1, 0.15) is 59.8 Å². The molecule has 27 heavy (non-hydrogen) atoms. The van der Waals surface area contributed by atoms with E-state index in [9.17, 15) is 19.8 Å². The molecule has 4 rings (SSSR count). The van der Waals surface area contributed by atoms with E-state index in [1.54, 1.807) is 0 Å². The number of ketones is 1. The molecule has 0 heterocycles. The summed E-state index contributed by atoms with van der Waals surface area (Å²) in [5.74, 6) is -0.949. The molecule has 150 valence electrons. The molecule has 0 saturated heterocycles. The first-order valence-electron chi connectivity index (χ1n) is 10.3. The number of esters is 1. The van der Waals surface area contributed by atoms with Crippen molar-refractivity contribution in [1.29, 1.82) is 0 Å². The van der Waals surface area contributed by atoms with Crippen LogP contribution in [0.5, 0.6) is 0 Å². The standard InChI is InChI=1S/C22H32O5/c1-11-13-6-7-14-21(5)15(20(3,4)9-8-16(21)24)10-17(27-12(2)23)22(14,18(11)25)19(13)26/h13-17,19,24,26H,1,6-10H2,2-5H3. The number of Topliss-reactive ketones (excluding diaryl/α,β-unsaturated/α-hetero) is 1. The summed E-state index contributed by atoms with van der Waals surface area (Å²) in [5, 5.41) is 22.4. The lowest BCUT2D eigenvalue weighted by atomic mass is 9.39. The minimum atomic E-state index is -1.16. The van der Waals surface area contributed by atoms with Crippen molar-refractivity contribution in [2.24, 2.45) is 34.0 Å². The molecular formula is C22H32O5. The van der Waals surface area contributed by atoms with Gasteiger partial charge in [0.25, 0.3) is 0 Å². The van der Waals surface area contributed by atoms with Gasteiger partial charge in [-0.2, -0.15) is 0 Å². The summed E-state index contributed by atoms with van der Waals surface area (Å²) in [4.78, 5) is 25.4. The van der Waals surface area contributed by atoms with Gasteiger partial charge in [-0.05, 0) is 54.9 Å². The minimum absolute atomic E-state index is 0.0333. The topological polar surface area (TPSA) is 83.8 Å². The van der Waals surface area contributed by atoms with Gasteiger partial charge in [-0.1, -0.05) is 27.4 Å². The van der Waals surface area contributed by atoms with Crippen molar-refractivity contribution in [2.45, 2.75) is 78.1 Å². The second-order valence-electron chi connectivity index (χ2n) is 10.3. The van der Waals surface area contributed by atoms with Crippen molar-refractivity contribution in [3.8, 4) is 0 Å². The Morgan fingerprint density at radius 3 is 2.44 bits per heavy atom. The monoisotopic (exact) mass is 376 g/mol. The zero-order valence-electron chi connectivity index (χ0n) is 16.8. The second-order valence-corrected chi connectivity index (χ2v) is 10.3. The molecule has 0 aromatic heterocycles. The third kappa shape index (κ3) is 2.13. The predicted octanol–water partition coefficient (Wildman–Crippen LogP) is 2.64. The number of hydrogen-bond donors (Lipinski definition) is 2. The van der Waals surface area contributed by atoms with Crippen molar-refractivity contribution in [1.82, 2.24) is 0 Å². The number of fused-ring (bicyclic) bond motifs is 3. The van der Waals surface area contributed by atoms with Crippen LogP contribution in [0, 0.1) is 34.0 Å². The van der Waals surface area contributed by atoms with Gasteiger partial charge in [0.05, 0.1) is 17.6 Å². The van der Waals surface area contributed by atoms with Crippen LogP contribution in [0.4, 0.5) is 0 Å². The highest BCUT2D eigenvalue weighted by Gasteiger charge is 2.76. The number of rotatable bonds is 1. The van der Waals surface area contributed by atoms with E-state index in [2.05, 4.69) is 27.4 Å². The number of hydrogen-bond acceptors (Lipinski definition) is 5. The summed E-state index contributed by atoms with van der Waals surface area (Å²) in [6, 6.07) is 0. The van der Waals surface area contributed by atoms with Gasteiger partial charge in [0, 0.05) is 18.3 Å². The van der Waals surface area contributed by atoms with Crippen LogP contribution in [0.3, 0.4) is 0 Å². The minimum Gasteiger partial charge on any atom is -0.461 e. The molecule has 0 radical (unpaired) electrons. The van der Waals surface area contributed by atoms with Gasteiger partial charge >= 0.3 is 5.97 Å². The zero-order valence-corrected chi connectivity index (χ0v) is 16.8.